The van der Waals surface area contributed by atoms with Crippen molar-refractivity contribution in [2.24, 2.45) is 10.9 Å². The Morgan fingerprint density at radius 3 is 2.69 bits per heavy atom. The Balaban J connectivity index is 1.64. The van der Waals surface area contributed by atoms with Crippen molar-refractivity contribution in [1.82, 2.24) is 4.90 Å². The van der Waals surface area contributed by atoms with Gasteiger partial charge in [-0.3, -0.25) is 4.79 Å². The standard InChI is InChI=1S/C23H26N2O3S/c1-25-20(14-29)24-23(21(25)26)18-13-16(6-5-15-3-4-15)7-8-19(18)28-22(23)11-9-17(27-2)10-12-22/h7-8,13,15,17,29H,3-4,9-12,14H2,1-2H3. The molecule has 1 unspecified atom stereocenters. The molecule has 0 bridgehead atoms. The van der Waals surface area contributed by atoms with Gasteiger partial charge in [0.25, 0.3) is 5.91 Å². The second-order valence-corrected chi connectivity index (χ2v) is 8.86. The number of methoxy groups -OCH3 is 1. The molecule has 0 radical (unpaired) electrons. The minimum atomic E-state index is -1.05. The molecule has 2 aliphatic carbocycles. The van der Waals surface area contributed by atoms with Gasteiger partial charge in [-0.2, -0.15) is 12.6 Å². The molecule has 2 saturated carbocycles. The van der Waals surface area contributed by atoms with Gasteiger partial charge >= 0.3 is 0 Å². The maximum atomic E-state index is 13.7. The van der Waals surface area contributed by atoms with Gasteiger partial charge in [0.2, 0.25) is 5.54 Å². The second kappa shape index (κ2) is 6.78. The molecule has 5 rings (SSSR count). The molecule has 1 amide bonds. The van der Waals surface area contributed by atoms with E-state index in [1.54, 1.807) is 19.1 Å². The molecule has 2 fully saturated rings. The van der Waals surface area contributed by atoms with E-state index in [0.717, 1.165) is 42.6 Å². The van der Waals surface area contributed by atoms with E-state index in [1.807, 2.05) is 18.2 Å². The van der Waals surface area contributed by atoms with Crippen LogP contribution in [0.15, 0.2) is 23.2 Å². The summed E-state index contributed by atoms with van der Waals surface area (Å²) in [6.45, 7) is 0. The lowest BCUT2D eigenvalue weighted by Gasteiger charge is -2.43. The number of rotatable bonds is 2. The SMILES string of the molecule is COC1CCC2(CC1)Oc1ccc(C#CC3CC3)cc1C21N=C(CS)N(C)C1=O. The van der Waals surface area contributed by atoms with Gasteiger partial charge < -0.3 is 14.4 Å². The first kappa shape index (κ1) is 19.0. The van der Waals surface area contributed by atoms with Crippen molar-refractivity contribution >= 4 is 24.4 Å². The number of carbonyl (C=O) groups is 1. The van der Waals surface area contributed by atoms with Crippen LogP contribution in [0.3, 0.4) is 0 Å². The molecule has 0 aromatic heterocycles. The van der Waals surface area contributed by atoms with Crippen molar-refractivity contribution in [2.75, 3.05) is 19.9 Å². The highest BCUT2D eigenvalue weighted by molar-refractivity contribution is 7.81. The fourth-order valence-corrected chi connectivity index (χ4v) is 5.25. The summed E-state index contributed by atoms with van der Waals surface area (Å²) < 4.78 is 12.2. The van der Waals surface area contributed by atoms with Crippen LogP contribution < -0.4 is 4.74 Å². The first-order valence-corrected chi connectivity index (χ1v) is 11.0. The zero-order chi connectivity index (χ0) is 20.2. The van der Waals surface area contributed by atoms with Crippen LogP contribution in [0.1, 0.15) is 49.7 Å². The largest absolute Gasteiger partial charge is 0.483 e. The maximum Gasteiger partial charge on any atom is 0.264 e. The summed E-state index contributed by atoms with van der Waals surface area (Å²) >= 11 is 4.42. The van der Waals surface area contributed by atoms with Crippen molar-refractivity contribution in [1.29, 1.82) is 0 Å². The molecule has 1 atom stereocenters. The van der Waals surface area contributed by atoms with Crippen LogP contribution >= 0.6 is 12.6 Å². The third kappa shape index (κ3) is 2.74. The van der Waals surface area contributed by atoms with Crippen molar-refractivity contribution in [3.05, 3.63) is 29.3 Å². The summed E-state index contributed by atoms with van der Waals surface area (Å²) in [5.41, 5.74) is 0.0458. The number of likely N-dealkylation sites (N-methyl/N-ethyl adjacent to an activating group) is 1. The number of thiol groups is 1. The average molecular weight is 411 g/mol. The topological polar surface area (TPSA) is 51.1 Å². The average Bonchev–Trinajstić information content (AvgIpc) is 3.49. The monoisotopic (exact) mass is 410 g/mol. The van der Waals surface area contributed by atoms with Crippen molar-refractivity contribution in [2.45, 2.75) is 55.8 Å². The molecule has 1 aromatic rings. The second-order valence-electron chi connectivity index (χ2n) is 8.55. The number of benzene rings is 1. The fourth-order valence-electron chi connectivity index (χ4n) is 4.97. The Hall–Kier alpha value is -1.97. The minimum Gasteiger partial charge on any atom is -0.483 e. The van der Waals surface area contributed by atoms with Crippen molar-refractivity contribution in [3.8, 4) is 17.6 Å². The lowest BCUT2D eigenvalue weighted by Crippen LogP contribution is -2.57. The summed E-state index contributed by atoms with van der Waals surface area (Å²) in [5, 5.41) is 0. The fraction of sp³-hybridized carbons (Fsp3) is 0.565. The van der Waals surface area contributed by atoms with Crippen LogP contribution in [0, 0.1) is 17.8 Å². The Morgan fingerprint density at radius 2 is 2.07 bits per heavy atom. The predicted molar refractivity (Wildman–Crippen MR) is 114 cm³/mol. The van der Waals surface area contributed by atoms with Gasteiger partial charge in [0.15, 0.2) is 0 Å². The van der Waals surface area contributed by atoms with Crippen LogP contribution in [-0.2, 0) is 15.1 Å². The number of aliphatic imine (C=N–C) groups is 1. The number of hydrogen-bond donors (Lipinski definition) is 1. The number of carbonyl (C=O) groups excluding carboxylic acids is 1. The predicted octanol–water partition coefficient (Wildman–Crippen LogP) is 3.16. The maximum absolute atomic E-state index is 13.7. The summed E-state index contributed by atoms with van der Waals surface area (Å²) in [5.74, 6) is 8.96. The quantitative estimate of drug-likeness (QED) is 0.602. The first-order chi connectivity index (χ1) is 14.0. The summed E-state index contributed by atoms with van der Waals surface area (Å²) in [4.78, 5) is 20.4. The smallest absolute Gasteiger partial charge is 0.264 e. The van der Waals surface area contributed by atoms with Gasteiger partial charge in [-0.1, -0.05) is 11.8 Å². The molecule has 2 heterocycles. The van der Waals surface area contributed by atoms with E-state index in [-0.39, 0.29) is 12.0 Å². The molecule has 1 aromatic carbocycles. The van der Waals surface area contributed by atoms with E-state index in [9.17, 15) is 4.79 Å². The van der Waals surface area contributed by atoms with E-state index >= 15 is 0 Å². The van der Waals surface area contributed by atoms with Gasteiger partial charge in [-0.25, -0.2) is 4.99 Å². The third-order valence-electron chi connectivity index (χ3n) is 6.85. The summed E-state index contributed by atoms with van der Waals surface area (Å²) in [7, 11) is 3.54. The zero-order valence-electron chi connectivity index (χ0n) is 16.9. The highest BCUT2D eigenvalue weighted by Crippen LogP contribution is 2.58. The Labute approximate surface area is 177 Å². The molecule has 2 aliphatic heterocycles. The van der Waals surface area contributed by atoms with Gasteiger partial charge in [0, 0.05) is 37.0 Å². The van der Waals surface area contributed by atoms with Crippen LogP contribution in [-0.4, -0.2) is 48.3 Å². The molecule has 2 spiro atoms. The van der Waals surface area contributed by atoms with Gasteiger partial charge in [-0.15, -0.1) is 0 Å². The number of amidine groups is 1. The molecular formula is C23H26N2O3S. The highest BCUT2D eigenvalue weighted by Gasteiger charge is 2.68. The molecule has 0 N–H and O–H groups in total. The van der Waals surface area contributed by atoms with Gasteiger partial charge in [-0.05, 0) is 56.7 Å². The van der Waals surface area contributed by atoms with Gasteiger partial charge in [0.05, 0.1) is 6.10 Å². The molecule has 5 nitrogen and oxygen atoms in total. The lowest BCUT2D eigenvalue weighted by molar-refractivity contribution is -0.140. The Kier molecular flexibility index (Phi) is 4.45. The third-order valence-corrected chi connectivity index (χ3v) is 7.13. The zero-order valence-corrected chi connectivity index (χ0v) is 17.8. The number of ether oxygens (including phenoxy) is 2. The Bertz CT molecular complexity index is 951. The van der Waals surface area contributed by atoms with E-state index in [0.29, 0.717) is 17.5 Å². The normalized spacial score (nSPS) is 32.8. The van der Waals surface area contributed by atoms with Crippen LogP contribution in [0.25, 0.3) is 0 Å². The molecule has 152 valence electrons. The Morgan fingerprint density at radius 1 is 1.31 bits per heavy atom. The van der Waals surface area contributed by atoms with Crippen LogP contribution in [0.5, 0.6) is 5.75 Å². The summed E-state index contributed by atoms with van der Waals surface area (Å²) in [6, 6.07) is 5.99. The van der Waals surface area contributed by atoms with Crippen molar-refractivity contribution in [3.63, 3.8) is 0 Å². The molecule has 4 aliphatic rings. The highest BCUT2D eigenvalue weighted by atomic mass is 32.1. The number of amides is 1. The molecule has 0 saturated heterocycles. The molecule has 29 heavy (non-hydrogen) atoms. The van der Waals surface area contributed by atoms with Crippen LogP contribution in [0.2, 0.25) is 0 Å². The van der Waals surface area contributed by atoms with E-state index in [4.69, 9.17) is 14.5 Å². The van der Waals surface area contributed by atoms with Crippen LogP contribution in [0.4, 0.5) is 0 Å². The van der Waals surface area contributed by atoms with E-state index < -0.39 is 11.1 Å². The van der Waals surface area contributed by atoms with E-state index in [2.05, 4.69) is 24.5 Å². The molecule has 6 heteroatoms. The molecular weight excluding hydrogens is 384 g/mol. The first-order valence-electron chi connectivity index (χ1n) is 10.4. The van der Waals surface area contributed by atoms with Gasteiger partial charge in [0.1, 0.15) is 17.2 Å². The number of nitrogens with zero attached hydrogens (tertiary/aromatic N) is 2. The summed E-state index contributed by atoms with van der Waals surface area (Å²) in [6.07, 6.45) is 5.74. The number of hydrogen-bond acceptors (Lipinski definition) is 5. The minimum absolute atomic E-state index is 0.0246. The number of fused-ring (bicyclic) bond motifs is 3. The van der Waals surface area contributed by atoms with E-state index in [1.165, 1.54) is 12.8 Å². The lowest BCUT2D eigenvalue weighted by atomic mass is 9.68. The van der Waals surface area contributed by atoms with Crippen molar-refractivity contribution < 1.29 is 14.3 Å².